The molecule has 6 heteroatoms. The number of nitrogens with zero attached hydrogens (tertiary/aromatic N) is 2. The molecule has 104 valence electrons. The lowest BCUT2D eigenvalue weighted by Crippen LogP contribution is -2.33. The van der Waals surface area contributed by atoms with E-state index in [9.17, 15) is 8.42 Å². The van der Waals surface area contributed by atoms with E-state index < -0.39 is 10.0 Å². The van der Waals surface area contributed by atoms with Gasteiger partial charge in [-0.15, -0.1) is 0 Å². The van der Waals surface area contributed by atoms with Gasteiger partial charge in [0, 0.05) is 12.2 Å². The van der Waals surface area contributed by atoms with Crippen LogP contribution in [0.25, 0.3) is 0 Å². The van der Waals surface area contributed by atoms with E-state index in [0.717, 1.165) is 25.0 Å². The quantitative estimate of drug-likeness (QED) is 0.836. The van der Waals surface area contributed by atoms with Crippen molar-refractivity contribution < 1.29 is 13.2 Å². The van der Waals surface area contributed by atoms with Gasteiger partial charge >= 0.3 is 0 Å². The van der Waals surface area contributed by atoms with E-state index >= 15 is 0 Å². The summed E-state index contributed by atoms with van der Waals surface area (Å²) in [5.74, 6) is 0.710. The molecule has 1 aromatic rings. The third-order valence-corrected chi connectivity index (χ3v) is 5.97. The summed E-state index contributed by atoms with van der Waals surface area (Å²) in [5.41, 5.74) is 0.941. The molecule has 1 aliphatic carbocycles. The normalized spacial score (nSPS) is 24.6. The number of ether oxygens (including phenoxy) is 1. The molecule has 1 aromatic heterocycles. The van der Waals surface area contributed by atoms with Crippen LogP contribution in [0, 0.1) is 6.92 Å². The molecule has 1 aliphatic heterocycles. The first-order valence-electron chi connectivity index (χ1n) is 6.64. The Balaban J connectivity index is 1.61. The minimum absolute atomic E-state index is 0.0574. The number of rotatable bonds is 4. The summed E-state index contributed by atoms with van der Waals surface area (Å²) in [6, 6.07) is 3.77. The van der Waals surface area contributed by atoms with Crippen molar-refractivity contribution in [2.24, 2.45) is 0 Å². The Morgan fingerprint density at radius 3 is 2.74 bits per heavy atom. The van der Waals surface area contributed by atoms with Gasteiger partial charge in [0.1, 0.15) is 11.9 Å². The summed E-state index contributed by atoms with van der Waals surface area (Å²) < 4.78 is 31.6. The highest BCUT2D eigenvalue weighted by Gasteiger charge is 2.43. The number of sulfonamides is 1. The van der Waals surface area contributed by atoms with Crippen LogP contribution in [0.5, 0.6) is 5.75 Å². The minimum atomic E-state index is -3.06. The highest BCUT2D eigenvalue weighted by molar-refractivity contribution is 7.90. The number of hydrogen-bond acceptors (Lipinski definition) is 4. The molecule has 1 saturated heterocycles. The van der Waals surface area contributed by atoms with Crippen molar-refractivity contribution in [3.8, 4) is 5.75 Å². The topological polar surface area (TPSA) is 59.5 Å². The zero-order valence-electron chi connectivity index (χ0n) is 10.9. The first-order valence-corrected chi connectivity index (χ1v) is 8.14. The Bertz CT molecular complexity index is 552. The summed E-state index contributed by atoms with van der Waals surface area (Å²) in [6.45, 7) is 2.96. The minimum Gasteiger partial charge on any atom is -0.487 e. The van der Waals surface area contributed by atoms with E-state index in [1.165, 1.54) is 0 Å². The molecule has 5 nitrogen and oxygen atoms in total. The molecule has 0 N–H and O–H groups in total. The Hall–Kier alpha value is -1.14. The lowest BCUT2D eigenvalue weighted by Gasteiger charge is -2.16. The number of aryl methyl sites for hydroxylation is 1. The molecule has 0 amide bonds. The Morgan fingerprint density at radius 1 is 1.32 bits per heavy atom. The molecule has 0 radical (unpaired) electrons. The van der Waals surface area contributed by atoms with Crippen molar-refractivity contribution in [1.82, 2.24) is 9.29 Å². The summed E-state index contributed by atoms with van der Waals surface area (Å²) in [4.78, 5) is 4.17. The first kappa shape index (κ1) is 12.9. The lowest BCUT2D eigenvalue weighted by molar-refractivity contribution is 0.214. The molecule has 0 aromatic carbocycles. The number of aromatic nitrogens is 1. The molecule has 1 atom stereocenters. The van der Waals surface area contributed by atoms with Crippen molar-refractivity contribution in [2.45, 2.75) is 37.5 Å². The van der Waals surface area contributed by atoms with Crippen LogP contribution in [0.15, 0.2) is 18.3 Å². The molecule has 0 spiro atoms. The second-order valence-electron chi connectivity index (χ2n) is 5.27. The largest absolute Gasteiger partial charge is 0.487 e. The van der Waals surface area contributed by atoms with Crippen LogP contribution in [-0.4, -0.2) is 42.2 Å². The van der Waals surface area contributed by atoms with Gasteiger partial charge in [0.15, 0.2) is 0 Å². The summed E-state index contributed by atoms with van der Waals surface area (Å²) in [7, 11) is -3.06. The summed E-state index contributed by atoms with van der Waals surface area (Å²) in [5, 5.41) is -0.132. The van der Waals surface area contributed by atoms with Crippen molar-refractivity contribution in [1.29, 1.82) is 0 Å². The van der Waals surface area contributed by atoms with E-state index in [0.29, 0.717) is 18.8 Å². The molecule has 1 saturated carbocycles. The van der Waals surface area contributed by atoms with Gasteiger partial charge in [-0.25, -0.2) is 8.42 Å². The van der Waals surface area contributed by atoms with Crippen LogP contribution < -0.4 is 4.74 Å². The second-order valence-corrected chi connectivity index (χ2v) is 7.48. The van der Waals surface area contributed by atoms with E-state index in [2.05, 4.69) is 4.98 Å². The Labute approximate surface area is 113 Å². The van der Waals surface area contributed by atoms with Gasteiger partial charge in [-0.1, -0.05) is 0 Å². The predicted molar refractivity (Wildman–Crippen MR) is 71.5 cm³/mol. The molecular weight excluding hydrogens is 264 g/mol. The predicted octanol–water partition coefficient (Wildman–Crippen LogP) is 1.34. The van der Waals surface area contributed by atoms with Crippen molar-refractivity contribution >= 4 is 10.0 Å². The Kier molecular flexibility index (Phi) is 3.22. The molecule has 2 fully saturated rings. The molecule has 2 heterocycles. The van der Waals surface area contributed by atoms with Gasteiger partial charge in [0.2, 0.25) is 10.0 Å². The molecule has 0 bridgehead atoms. The van der Waals surface area contributed by atoms with Gasteiger partial charge < -0.3 is 4.74 Å². The smallest absolute Gasteiger partial charge is 0.217 e. The highest BCUT2D eigenvalue weighted by atomic mass is 32.2. The van der Waals surface area contributed by atoms with Gasteiger partial charge in [-0.2, -0.15) is 4.31 Å². The van der Waals surface area contributed by atoms with Crippen LogP contribution in [0.2, 0.25) is 0 Å². The summed E-state index contributed by atoms with van der Waals surface area (Å²) >= 11 is 0. The Morgan fingerprint density at radius 2 is 2.11 bits per heavy atom. The lowest BCUT2D eigenvalue weighted by atomic mass is 10.3. The molecule has 0 unspecified atom stereocenters. The number of pyridine rings is 1. The van der Waals surface area contributed by atoms with Crippen molar-refractivity contribution in [2.75, 3.05) is 13.1 Å². The van der Waals surface area contributed by atoms with Gasteiger partial charge in [0.05, 0.1) is 18.0 Å². The molecule has 19 heavy (non-hydrogen) atoms. The SMILES string of the molecule is Cc1ccc(O[C@H]2CCN(S(=O)(=O)C3CC3)C2)cn1. The van der Waals surface area contributed by atoms with Gasteiger partial charge in [-0.05, 0) is 38.3 Å². The van der Waals surface area contributed by atoms with E-state index in [-0.39, 0.29) is 11.4 Å². The van der Waals surface area contributed by atoms with Crippen LogP contribution in [-0.2, 0) is 10.0 Å². The average Bonchev–Trinajstić information content (AvgIpc) is 3.14. The van der Waals surface area contributed by atoms with Gasteiger partial charge in [-0.3, -0.25) is 4.98 Å². The zero-order chi connectivity index (χ0) is 13.5. The fraction of sp³-hybridized carbons (Fsp3) is 0.615. The van der Waals surface area contributed by atoms with Crippen LogP contribution in [0.3, 0.4) is 0 Å². The van der Waals surface area contributed by atoms with Crippen LogP contribution in [0.1, 0.15) is 25.0 Å². The fourth-order valence-corrected chi connectivity index (χ4v) is 4.21. The summed E-state index contributed by atoms with van der Waals surface area (Å²) in [6.07, 6.45) is 4.00. The van der Waals surface area contributed by atoms with Crippen molar-refractivity contribution in [3.63, 3.8) is 0 Å². The molecular formula is C13H18N2O3S. The van der Waals surface area contributed by atoms with Gasteiger partial charge in [0.25, 0.3) is 0 Å². The molecule has 2 aliphatic rings. The maximum atomic E-state index is 12.1. The number of hydrogen-bond donors (Lipinski definition) is 0. The maximum absolute atomic E-state index is 12.1. The van der Waals surface area contributed by atoms with E-state index in [1.54, 1.807) is 10.5 Å². The maximum Gasteiger partial charge on any atom is 0.217 e. The van der Waals surface area contributed by atoms with Crippen LogP contribution >= 0.6 is 0 Å². The fourth-order valence-electron chi connectivity index (χ4n) is 2.32. The molecule has 3 rings (SSSR count). The third-order valence-electron chi connectivity index (χ3n) is 3.60. The zero-order valence-corrected chi connectivity index (χ0v) is 11.8. The van der Waals surface area contributed by atoms with Crippen LogP contribution in [0.4, 0.5) is 0 Å². The van der Waals surface area contributed by atoms with E-state index in [1.807, 2.05) is 19.1 Å². The van der Waals surface area contributed by atoms with Crippen molar-refractivity contribution in [3.05, 3.63) is 24.0 Å². The average molecular weight is 282 g/mol. The second kappa shape index (κ2) is 4.76. The monoisotopic (exact) mass is 282 g/mol. The first-order chi connectivity index (χ1) is 9.05. The standard InChI is InChI=1S/C13H18N2O3S/c1-10-2-3-11(8-14-10)18-12-6-7-15(9-12)19(16,17)13-4-5-13/h2-3,8,12-13H,4-7,9H2,1H3/t12-/m0/s1. The van der Waals surface area contributed by atoms with E-state index in [4.69, 9.17) is 4.74 Å². The highest BCUT2D eigenvalue weighted by Crippen LogP contribution is 2.33. The third kappa shape index (κ3) is 2.74.